The lowest BCUT2D eigenvalue weighted by atomic mass is 10.1. The zero-order chi connectivity index (χ0) is 21.5. The standard InChI is InChI=1S/C20H16Cl2F2N2O2S2/c21-13-1-2-17(22)19(9-13)30(27,28)16-3-5-26(6-4-16)20-25-18(11-29-20)12-7-14(23)10-15(24)8-12/h1-2,7-11,16H,3-6H2. The first-order valence-electron chi connectivity index (χ1n) is 9.10. The molecule has 1 saturated heterocycles. The van der Waals surface area contributed by atoms with Crippen molar-refractivity contribution in [3.8, 4) is 11.3 Å². The Kier molecular flexibility index (Phi) is 6.03. The lowest BCUT2D eigenvalue weighted by Gasteiger charge is -2.31. The fraction of sp³-hybridized carbons (Fsp3) is 0.250. The molecular weight excluding hydrogens is 473 g/mol. The molecule has 0 bridgehead atoms. The number of aromatic nitrogens is 1. The first-order valence-corrected chi connectivity index (χ1v) is 12.3. The molecule has 1 aliphatic rings. The summed E-state index contributed by atoms with van der Waals surface area (Å²) in [5.41, 5.74) is 0.844. The minimum absolute atomic E-state index is 0.0554. The van der Waals surface area contributed by atoms with Crippen LogP contribution in [0.5, 0.6) is 0 Å². The first kappa shape index (κ1) is 21.5. The average molecular weight is 489 g/mol. The Morgan fingerprint density at radius 2 is 1.70 bits per heavy atom. The highest BCUT2D eigenvalue weighted by molar-refractivity contribution is 7.92. The van der Waals surface area contributed by atoms with Crippen LogP contribution in [0, 0.1) is 11.6 Å². The summed E-state index contributed by atoms with van der Waals surface area (Å²) in [4.78, 5) is 6.52. The van der Waals surface area contributed by atoms with Crippen molar-refractivity contribution in [1.29, 1.82) is 0 Å². The number of thiazole rings is 1. The van der Waals surface area contributed by atoms with Crippen LogP contribution in [0.2, 0.25) is 10.0 Å². The van der Waals surface area contributed by atoms with Crippen LogP contribution in [0.3, 0.4) is 0 Å². The molecule has 4 nitrogen and oxygen atoms in total. The SMILES string of the molecule is O=S(=O)(c1cc(Cl)ccc1Cl)C1CCN(c2nc(-c3cc(F)cc(F)c3)cs2)CC1. The molecule has 1 aromatic heterocycles. The molecule has 1 fully saturated rings. The second-order valence-corrected chi connectivity index (χ2v) is 10.9. The summed E-state index contributed by atoms with van der Waals surface area (Å²) < 4.78 is 53.0. The van der Waals surface area contributed by atoms with Crippen LogP contribution in [0.25, 0.3) is 11.3 Å². The quantitative estimate of drug-likeness (QED) is 0.462. The van der Waals surface area contributed by atoms with Crippen molar-refractivity contribution in [3.05, 3.63) is 63.5 Å². The average Bonchev–Trinajstić information content (AvgIpc) is 3.19. The lowest BCUT2D eigenvalue weighted by Crippen LogP contribution is -2.39. The van der Waals surface area contributed by atoms with Crippen molar-refractivity contribution in [2.75, 3.05) is 18.0 Å². The van der Waals surface area contributed by atoms with Gasteiger partial charge in [-0.05, 0) is 43.2 Å². The molecule has 0 spiro atoms. The topological polar surface area (TPSA) is 50.3 Å². The predicted molar refractivity (Wildman–Crippen MR) is 116 cm³/mol. The highest BCUT2D eigenvalue weighted by atomic mass is 35.5. The fourth-order valence-corrected chi connectivity index (χ4v) is 6.86. The van der Waals surface area contributed by atoms with Crippen LogP contribution >= 0.6 is 34.5 Å². The van der Waals surface area contributed by atoms with Gasteiger partial charge in [0, 0.05) is 35.1 Å². The largest absolute Gasteiger partial charge is 0.348 e. The molecule has 158 valence electrons. The number of hydrogen-bond acceptors (Lipinski definition) is 5. The van der Waals surface area contributed by atoms with Gasteiger partial charge < -0.3 is 4.90 Å². The normalized spacial score (nSPS) is 15.5. The maximum Gasteiger partial charge on any atom is 0.185 e. The summed E-state index contributed by atoms with van der Waals surface area (Å²) in [6, 6.07) is 7.70. The number of halogens is 4. The van der Waals surface area contributed by atoms with Crippen LogP contribution in [0.1, 0.15) is 12.8 Å². The van der Waals surface area contributed by atoms with E-state index < -0.39 is 26.7 Å². The molecular formula is C20H16Cl2F2N2O2S2. The van der Waals surface area contributed by atoms with E-state index in [4.69, 9.17) is 23.2 Å². The highest BCUT2D eigenvalue weighted by Crippen LogP contribution is 2.34. The van der Waals surface area contributed by atoms with Crippen molar-refractivity contribution in [1.82, 2.24) is 4.98 Å². The van der Waals surface area contributed by atoms with Gasteiger partial charge in [-0.2, -0.15) is 0 Å². The van der Waals surface area contributed by atoms with E-state index in [1.165, 1.54) is 35.6 Å². The van der Waals surface area contributed by atoms with Gasteiger partial charge in [-0.3, -0.25) is 0 Å². The fourth-order valence-electron chi connectivity index (χ4n) is 3.48. The highest BCUT2D eigenvalue weighted by Gasteiger charge is 2.33. The number of benzene rings is 2. The Hall–Kier alpha value is -1.74. The third kappa shape index (κ3) is 4.32. The van der Waals surface area contributed by atoms with Gasteiger partial charge in [-0.25, -0.2) is 22.2 Å². The van der Waals surface area contributed by atoms with Crippen molar-refractivity contribution >= 4 is 49.5 Å². The van der Waals surface area contributed by atoms with Gasteiger partial charge in [0.25, 0.3) is 0 Å². The predicted octanol–water partition coefficient (Wildman–Crippen LogP) is 5.84. The zero-order valence-corrected chi connectivity index (χ0v) is 18.6. The molecule has 10 heteroatoms. The van der Waals surface area contributed by atoms with Crippen molar-refractivity contribution in [2.45, 2.75) is 23.0 Å². The van der Waals surface area contributed by atoms with E-state index in [1.54, 1.807) is 11.4 Å². The maximum absolute atomic E-state index is 13.5. The third-order valence-electron chi connectivity index (χ3n) is 5.00. The number of rotatable bonds is 4. The minimum Gasteiger partial charge on any atom is -0.348 e. The number of hydrogen-bond donors (Lipinski definition) is 0. The molecule has 0 atom stereocenters. The van der Waals surface area contributed by atoms with E-state index in [2.05, 4.69) is 4.98 Å². The summed E-state index contributed by atoms with van der Waals surface area (Å²) in [6.45, 7) is 0.985. The Labute approximate surface area is 187 Å². The smallest absolute Gasteiger partial charge is 0.185 e. The summed E-state index contributed by atoms with van der Waals surface area (Å²) >= 11 is 13.4. The number of nitrogens with zero attached hydrogens (tertiary/aromatic N) is 2. The molecule has 0 saturated carbocycles. The molecule has 1 aliphatic heterocycles. The molecule has 2 aromatic carbocycles. The summed E-state index contributed by atoms with van der Waals surface area (Å²) in [5.74, 6) is -1.32. The van der Waals surface area contributed by atoms with Gasteiger partial charge in [-0.1, -0.05) is 23.2 Å². The van der Waals surface area contributed by atoms with Crippen LogP contribution in [-0.2, 0) is 9.84 Å². The van der Waals surface area contributed by atoms with Crippen LogP contribution in [0.15, 0.2) is 46.7 Å². The van der Waals surface area contributed by atoms with Crippen molar-refractivity contribution < 1.29 is 17.2 Å². The van der Waals surface area contributed by atoms with Crippen molar-refractivity contribution in [2.24, 2.45) is 0 Å². The minimum atomic E-state index is -3.61. The zero-order valence-electron chi connectivity index (χ0n) is 15.5. The molecule has 0 radical (unpaired) electrons. The van der Waals surface area contributed by atoms with E-state index in [0.717, 1.165) is 6.07 Å². The Morgan fingerprint density at radius 3 is 2.37 bits per heavy atom. The van der Waals surface area contributed by atoms with Crippen LogP contribution in [-0.4, -0.2) is 31.7 Å². The Bertz CT molecular complexity index is 1170. The molecule has 4 rings (SSSR count). The van der Waals surface area contributed by atoms with E-state index >= 15 is 0 Å². The Morgan fingerprint density at radius 1 is 1.03 bits per heavy atom. The van der Waals surface area contributed by atoms with E-state index in [9.17, 15) is 17.2 Å². The van der Waals surface area contributed by atoms with E-state index in [1.807, 2.05) is 4.90 Å². The van der Waals surface area contributed by atoms with Gasteiger partial charge >= 0.3 is 0 Å². The van der Waals surface area contributed by atoms with E-state index in [-0.39, 0.29) is 9.92 Å². The summed E-state index contributed by atoms with van der Waals surface area (Å²) in [7, 11) is -3.61. The molecule has 30 heavy (non-hydrogen) atoms. The van der Waals surface area contributed by atoms with Crippen LogP contribution in [0.4, 0.5) is 13.9 Å². The van der Waals surface area contributed by atoms with E-state index in [0.29, 0.717) is 47.3 Å². The maximum atomic E-state index is 13.5. The van der Waals surface area contributed by atoms with Crippen LogP contribution < -0.4 is 4.90 Å². The van der Waals surface area contributed by atoms with Gasteiger partial charge in [0.15, 0.2) is 15.0 Å². The van der Waals surface area contributed by atoms with Crippen molar-refractivity contribution in [3.63, 3.8) is 0 Å². The molecule has 0 amide bonds. The molecule has 0 N–H and O–H groups in total. The number of sulfone groups is 1. The third-order valence-corrected chi connectivity index (χ3v) is 8.88. The molecule has 3 aromatic rings. The summed E-state index contributed by atoms with van der Waals surface area (Å²) in [5, 5.41) is 2.33. The van der Waals surface area contributed by atoms with Gasteiger partial charge in [0.2, 0.25) is 0 Å². The number of anilines is 1. The lowest BCUT2D eigenvalue weighted by molar-refractivity contribution is 0.529. The molecule has 0 unspecified atom stereocenters. The van der Waals surface area contributed by atoms with Gasteiger partial charge in [-0.15, -0.1) is 11.3 Å². The second kappa shape index (κ2) is 8.42. The first-order chi connectivity index (χ1) is 14.2. The monoisotopic (exact) mass is 488 g/mol. The Balaban J connectivity index is 1.49. The summed E-state index contributed by atoms with van der Waals surface area (Å²) in [6.07, 6.45) is 0.823. The number of piperidine rings is 1. The van der Waals surface area contributed by atoms with Gasteiger partial charge in [0.05, 0.1) is 20.9 Å². The molecule has 0 aliphatic carbocycles. The second-order valence-electron chi connectivity index (χ2n) is 6.98. The van der Waals surface area contributed by atoms with Gasteiger partial charge in [0.1, 0.15) is 11.6 Å². The molecule has 2 heterocycles.